The molecule has 0 atom stereocenters. The van der Waals surface area contributed by atoms with E-state index in [1.165, 1.54) is 0 Å². The van der Waals surface area contributed by atoms with Crippen LogP contribution >= 0.6 is 0 Å². The SMILES string of the molecule is C=C(C)/C(=C\C=C/C)N=CCC. The average Bonchev–Trinajstić information content (AvgIpc) is 2.04. The summed E-state index contributed by atoms with van der Waals surface area (Å²) in [4.78, 5) is 4.26. The van der Waals surface area contributed by atoms with E-state index in [0.717, 1.165) is 17.7 Å². The Bertz CT molecular complexity index is 219. The lowest BCUT2D eigenvalue weighted by molar-refractivity contribution is 1.25. The first-order valence-corrected chi connectivity index (χ1v) is 4.23. The predicted octanol–water partition coefficient (Wildman–Crippen LogP) is 3.50. The highest BCUT2D eigenvalue weighted by Gasteiger charge is 1.90. The Labute approximate surface area is 75.2 Å². The quantitative estimate of drug-likeness (QED) is 0.444. The second-order valence-electron chi connectivity index (χ2n) is 2.58. The van der Waals surface area contributed by atoms with Crippen molar-refractivity contribution < 1.29 is 0 Å². The van der Waals surface area contributed by atoms with Crippen LogP contribution < -0.4 is 0 Å². The van der Waals surface area contributed by atoms with E-state index in [1.54, 1.807) is 0 Å². The molecule has 1 heteroatoms. The first-order chi connectivity index (χ1) is 5.72. The minimum atomic E-state index is 0.954. The van der Waals surface area contributed by atoms with Crippen LogP contribution in [0.15, 0.2) is 41.1 Å². The standard InChI is InChI=1S/C11H17N/c1-5-7-8-11(10(3)4)12-9-6-2/h5,7-9H,3,6H2,1-2,4H3/b7-5-,11-8+,12-9?. The van der Waals surface area contributed by atoms with Crippen LogP contribution in [0.4, 0.5) is 0 Å². The van der Waals surface area contributed by atoms with Crippen LogP contribution in [-0.4, -0.2) is 6.21 Å². The lowest BCUT2D eigenvalue weighted by atomic mass is 10.2. The Morgan fingerprint density at radius 3 is 2.58 bits per heavy atom. The minimum Gasteiger partial charge on any atom is -0.261 e. The third-order valence-corrected chi connectivity index (χ3v) is 1.30. The van der Waals surface area contributed by atoms with E-state index in [4.69, 9.17) is 0 Å². The molecule has 0 aromatic heterocycles. The maximum absolute atomic E-state index is 4.26. The minimum absolute atomic E-state index is 0.954. The Hall–Kier alpha value is -1.11. The Balaban J connectivity index is 4.43. The number of aliphatic imine (C=N–C) groups is 1. The Kier molecular flexibility index (Phi) is 5.98. The monoisotopic (exact) mass is 163 g/mol. The molecule has 0 fully saturated rings. The van der Waals surface area contributed by atoms with Gasteiger partial charge in [0.15, 0.2) is 0 Å². The molecule has 66 valence electrons. The zero-order chi connectivity index (χ0) is 9.40. The van der Waals surface area contributed by atoms with Gasteiger partial charge >= 0.3 is 0 Å². The molecule has 0 aromatic rings. The zero-order valence-electron chi connectivity index (χ0n) is 8.17. The lowest BCUT2D eigenvalue weighted by Gasteiger charge is -1.96. The summed E-state index contributed by atoms with van der Waals surface area (Å²) in [6.07, 6.45) is 8.76. The Morgan fingerprint density at radius 1 is 1.50 bits per heavy atom. The average molecular weight is 163 g/mol. The maximum Gasteiger partial charge on any atom is 0.0648 e. The Morgan fingerprint density at radius 2 is 2.17 bits per heavy atom. The van der Waals surface area contributed by atoms with Crippen LogP contribution in [0.3, 0.4) is 0 Å². The van der Waals surface area contributed by atoms with Crippen LogP contribution in [0.5, 0.6) is 0 Å². The van der Waals surface area contributed by atoms with Crippen molar-refractivity contribution in [1.29, 1.82) is 0 Å². The molecule has 0 aliphatic rings. The van der Waals surface area contributed by atoms with E-state index in [2.05, 4.69) is 18.5 Å². The highest BCUT2D eigenvalue weighted by atomic mass is 14.7. The van der Waals surface area contributed by atoms with Crippen molar-refractivity contribution in [1.82, 2.24) is 0 Å². The van der Waals surface area contributed by atoms with Crippen LogP contribution in [0.25, 0.3) is 0 Å². The molecule has 0 heterocycles. The summed E-state index contributed by atoms with van der Waals surface area (Å²) in [6, 6.07) is 0. The van der Waals surface area contributed by atoms with Crippen molar-refractivity contribution >= 4 is 6.21 Å². The van der Waals surface area contributed by atoms with Gasteiger partial charge in [-0.2, -0.15) is 0 Å². The molecular formula is C11H17N. The summed E-state index contributed by atoms with van der Waals surface area (Å²) in [5.74, 6) is 0. The molecule has 0 saturated carbocycles. The van der Waals surface area contributed by atoms with Gasteiger partial charge in [-0.3, -0.25) is 4.99 Å². The first-order valence-electron chi connectivity index (χ1n) is 4.23. The lowest BCUT2D eigenvalue weighted by Crippen LogP contribution is -1.80. The molecule has 0 bridgehead atoms. The van der Waals surface area contributed by atoms with Crippen LogP contribution in [-0.2, 0) is 0 Å². The summed E-state index contributed by atoms with van der Waals surface area (Å²) in [7, 11) is 0. The third kappa shape index (κ3) is 4.67. The topological polar surface area (TPSA) is 12.4 Å². The van der Waals surface area contributed by atoms with Gasteiger partial charge in [0.25, 0.3) is 0 Å². The fraction of sp³-hybridized carbons (Fsp3) is 0.364. The smallest absolute Gasteiger partial charge is 0.0648 e. The predicted molar refractivity (Wildman–Crippen MR) is 56.5 cm³/mol. The normalized spacial score (nSPS) is 13.1. The van der Waals surface area contributed by atoms with Crippen molar-refractivity contribution in [3.63, 3.8) is 0 Å². The number of allylic oxidation sites excluding steroid dienone is 4. The highest BCUT2D eigenvalue weighted by Crippen LogP contribution is 2.07. The van der Waals surface area contributed by atoms with Crippen molar-refractivity contribution in [2.24, 2.45) is 4.99 Å². The molecule has 0 spiro atoms. The molecule has 0 saturated heterocycles. The molecule has 0 radical (unpaired) electrons. The van der Waals surface area contributed by atoms with Gasteiger partial charge in [-0.1, -0.05) is 25.7 Å². The molecule has 1 nitrogen and oxygen atoms in total. The van der Waals surface area contributed by atoms with Gasteiger partial charge in [0.1, 0.15) is 0 Å². The van der Waals surface area contributed by atoms with Gasteiger partial charge < -0.3 is 0 Å². The summed E-state index contributed by atoms with van der Waals surface area (Å²) in [5, 5.41) is 0. The second kappa shape index (κ2) is 6.59. The first kappa shape index (κ1) is 10.9. The van der Waals surface area contributed by atoms with Gasteiger partial charge in [-0.25, -0.2) is 0 Å². The molecule has 0 aromatic carbocycles. The molecule has 0 aliphatic carbocycles. The highest BCUT2D eigenvalue weighted by molar-refractivity contribution is 5.59. The maximum atomic E-state index is 4.26. The molecule has 0 unspecified atom stereocenters. The fourth-order valence-electron chi connectivity index (χ4n) is 0.672. The van der Waals surface area contributed by atoms with Crippen molar-refractivity contribution in [2.45, 2.75) is 27.2 Å². The van der Waals surface area contributed by atoms with Crippen molar-refractivity contribution in [3.05, 3.63) is 36.1 Å². The van der Waals surface area contributed by atoms with E-state index >= 15 is 0 Å². The molecule has 12 heavy (non-hydrogen) atoms. The molecule has 0 amide bonds. The summed E-state index contributed by atoms with van der Waals surface area (Å²) in [5.41, 5.74) is 1.95. The van der Waals surface area contributed by atoms with Crippen LogP contribution in [0, 0.1) is 0 Å². The van der Waals surface area contributed by atoms with Gasteiger partial charge in [-0.15, -0.1) is 0 Å². The molecule has 0 rings (SSSR count). The fourth-order valence-corrected chi connectivity index (χ4v) is 0.672. The van der Waals surface area contributed by atoms with Gasteiger partial charge in [-0.05, 0) is 31.9 Å². The van der Waals surface area contributed by atoms with Gasteiger partial charge in [0.2, 0.25) is 0 Å². The van der Waals surface area contributed by atoms with E-state index in [1.807, 2.05) is 38.3 Å². The molecular weight excluding hydrogens is 146 g/mol. The zero-order valence-corrected chi connectivity index (χ0v) is 8.17. The van der Waals surface area contributed by atoms with Crippen molar-refractivity contribution in [3.8, 4) is 0 Å². The number of hydrogen-bond donors (Lipinski definition) is 0. The van der Waals surface area contributed by atoms with E-state index in [9.17, 15) is 0 Å². The summed E-state index contributed by atoms with van der Waals surface area (Å²) >= 11 is 0. The molecule has 0 N–H and O–H groups in total. The number of hydrogen-bond acceptors (Lipinski definition) is 1. The largest absolute Gasteiger partial charge is 0.261 e. The number of nitrogens with zero attached hydrogens (tertiary/aromatic N) is 1. The van der Waals surface area contributed by atoms with Gasteiger partial charge in [0.05, 0.1) is 5.70 Å². The van der Waals surface area contributed by atoms with Crippen molar-refractivity contribution in [2.75, 3.05) is 0 Å². The van der Waals surface area contributed by atoms with Crippen LogP contribution in [0.2, 0.25) is 0 Å². The molecule has 0 aliphatic heterocycles. The van der Waals surface area contributed by atoms with E-state index < -0.39 is 0 Å². The summed E-state index contributed by atoms with van der Waals surface area (Å²) in [6.45, 7) is 9.85. The van der Waals surface area contributed by atoms with Crippen LogP contribution in [0.1, 0.15) is 27.2 Å². The summed E-state index contributed by atoms with van der Waals surface area (Å²) < 4.78 is 0. The van der Waals surface area contributed by atoms with E-state index in [-0.39, 0.29) is 0 Å². The second-order valence-corrected chi connectivity index (χ2v) is 2.58. The van der Waals surface area contributed by atoms with E-state index in [0.29, 0.717) is 0 Å². The third-order valence-electron chi connectivity index (χ3n) is 1.30. The van der Waals surface area contributed by atoms with Gasteiger partial charge in [0, 0.05) is 6.21 Å². The number of rotatable bonds is 4.